The van der Waals surface area contributed by atoms with Gasteiger partial charge in [-0.1, -0.05) is 24.3 Å². The topological polar surface area (TPSA) is 21.3 Å². The third kappa shape index (κ3) is 3.21. The van der Waals surface area contributed by atoms with Crippen molar-refractivity contribution in [3.8, 4) is 0 Å². The summed E-state index contributed by atoms with van der Waals surface area (Å²) in [6.45, 7) is 0.966. The standard InChI is InChI=1S/C17H25NOS/c1-18-17-15-9-3-2-6-13(15)7-4-10-16(17)20-12-14-8-5-11-19-14/h2-3,6,9,14,16-18H,4-5,7-8,10-12H2,1H3. The summed E-state index contributed by atoms with van der Waals surface area (Å²) in [5, 5.41) is 4.24. The van der Waals surface area contributed by atoms with E-state index in [1.54, 1.807) is 0 Å². The lowest BCUT2D eigenvalue weighted by molar-refractivity contribution is 0.128. The second-order valence-electron chi connectivity index (χ2n) is 5.86. The Labute approximate surface area is 126 Å². The highest BCUT2D eigenvalue weighted by Gasteiger charge is 2.28. The quantitative estimate of drug-likeness (QED) is 0.857. The first-order valence-electron chi connectivity index (χ1n) is 7.87. The highest BCUT2D eigenvalue weighted by Crippen LogP contribution is 2.36. The smallest absolute Gasteiger partial charge is 0.0666 e. The molecule has 3 heteroatoms. The molecule has 0 aromatic heterocycles. The lowest BCUT2D eigenvalue weighted by Crippen LogP contribution is -2.28. The van der Waals surface area contributed by atoms with Crippen molar-refractivity contribution in [2.24, 2.45) is 0 Å². The van der Waals surface area contributed by atoms with Gasteiger partial charge in [-0.3, -0.25) is 0 Å². The van der Waals surface area contributed by atoms with E-state index in [0.717, 1.165) is 12.4 Å². The first-order valence-corrected chi connectivity index (χ1v) is 8.91. The van der Waals surface area contributed by atoms with Gasteiger partial charge >= 0.3 is 0 Å². The second kappa shape index (κ2) is 6.97. The van der Waals surface area contributed by atoms with Crippen LogP contribution < -0.4 is 5.32 Å². The van der Waals surface area contributed by atoms with Crippen molar-refractivity contribution >= 4 is 11.8 Å². The molecule has 0 amide bonds. The maximum atomic E-state index is 5.77. The molecule has 2 nitrogen and oxygen atoms in total. The number of fused-ring (bicyclic) bond motifs is 1. The van der Waals surface area contributed by atoms with Crippen LogP contribution in [-0.2, 0) is 11.2 Å². The van der Waals surface area contributed by atoms with Crippen molar-refractivity contribution in [1.82, 2.24) is 5.32 Å². The molecule has 1 saturated heterocycles. The molecule has 3 unspecified atom stereocenters. The predicted molar refractivity (Wildman–Crippen MR) is 86.4 cm³/mol. The van der Waals surface area contributed by atoms with Crippen molar-refractivity contribution in [1.29, 1.82) is 0 Å². The summed E-state index contributed by atoms with van der Waals surface area (Å²) in [5.41, 5.74) is 3.05. The number of hydrogen-bond acceptors (Lipinski definition) is 3. The Bertz CT molecular complexity index is 431. The van der Waals surface area contributed by atoms with Crippen LogP contribution in [0.5, 0.6) is 0 Å². The average Bonchev–Trinajstić information content (AvgIpc) is 2.93. The van der Waals surface area contributed by atoms with Gasteiger partial charge in [0.25, 0.3) is 0 Å². The van der Waals surface area contributed by atoms with E-state index in [1.807, 2.05) is 0 Å². The van der Waals surface area contributed by atoms with Crippen LogP contribution in [0.2, 0.25) is 0 Å². The van der Waals surface area contributed by atoms with Crippen LogP contribution in [0.25, 0.3) is 0 Å². The van der Waals surface area contributed by atoms with Crippen LogP contribution in [0.15, 0.2) is 24.3 Å². The Hall–Kier alpha value is -0.510. The Morgan fingerprint density at radius 1 is 1.25 bits per heavy atom. The maximum Gasteiger partial charge on any atom is 0.0666 e. The van der Waals surface area contributed by atoms with E-state index in [2.05, 4.69) is 48.4 Å². The van der Waals surface area contributed by atoms with Crippen LogP contribution >= 0.6 is 11.8 Å². The van der Waals surface area contributed by atoms with E-state index < -0.39 is 0 Å². The van der Waals surface area contributed by atoms with E-state index in [0.29, 0.717) is 17.4 Å². The Morgan fingerprint density at radius 2 is 2.15 bits per heavy atom. The number of thioether (sulfide) groups is 1. The van der Waals surface area contributed by atoms with E-state index in [-0.39, 0.29) is 0 Å². The highest BCUT2D eigenvalue weighted by molar-refractivity contribution is 8.00. The van der Waals surface area contributed by atoms with E-state index >= 15 is 0 Å². The third-order valence-corrected chi connectivity index (χ3v) is 6.03. The Morgan fingerprint density at radius 3 is 2.95 bits per heavy atom. The fourth-order valence-electron chi connectivity index (χ4n) is 3.45. The maximum absolute atomic E-state index is 5.77. The SMILES string of the molecule is CNC1c2ccccc2CCCC1SCC1CCCO1. The van der Waals surface area contributed by atoms with Gasteiger partial charge in [0.2, 0.25) is 0 Å². The molecule has 0 bridgehead atoms. The molecule has 1 aliphatic heterocycles. The summed E-state index contributed by atoms with van der Waals surface area (Å²) in [6.07, 6.45) is 6.83. The number of hydrogen-bond donors (Lipinski definition) is 1. The highest BCUT2D eigenvalue weighted by atomic mass is 32.2. The van der Waals surface area contributed by atoms with Crippen molar-refractivity contribution in [3.05, 3.63) is 35.4 Å². The zero-order chi connectivity index (χ0) is 13.8. The first-order chi connectivity index (χ1) is 9.88. The molecule has 1 aromatic rings. The summed E-state index contributed by atoms with van der Waals surface area (Å²) in [6, 6.07) is 9.44. The van der Waals surface area contributed by atoms with Crippen LogP contribution in [-0.4, -0.2) is 30.8 Å². The minimum absolute atomic E-state index is 0.486. The molecular weight excluding hydrogens is 266 g/mol. The van der Waals surface area contributed by atoms with Gasteiger partial charge in [0.1, 0.15) is 0 Å². The number of aryl methyl sites for hydroxylation is 1. The summed E-state index contributed by atoms with van der Waals surface area (Å²) in [7, 11) is 2.10. The molecule has 1 aromatic carbocycles. The summed E-state index contributed by atoms with van der Waals surface area (Å²) >= 11 is 2.12. The fourth-order valence-corrected chi connectivity index (χ4v) is 4.99. The molecule has 1 N–H and O–H groups in total. The van der Waals surface area contributed by atoms with Crippen LogP contribution in [0.4, 0.5) is 0 Å². The number of nitrogens with one attached hydrogen (secondary N) is 1. The zero-order valence-corrected chi connectivity index (χ0v) is 13.1. The third-order valence-electron chi connectivity index (χ3n) is 4.53. The average molecular weight is 291 g/mol. The van der Waals surface area contributed by atoms with Crippen molar-refractivity contribution in [3.63, 3.8) is 0 Å². The van der Waals surface area contributed by atoms with Crippen molar-refractivity contribution < 1.29 is 4.74 Å². The van der Waals surface area contributed by atoms with Gasteiger partial charge in [0.15, 0.2) is 0 Å². The Kier molecular flexibility index (Phi) is 5.03. The number of ether oxygens (including phenoxy) is 1. The van der Waals surface area contributed by atoms with Gasteiger partial charge in [-0.25, -0.2) is 0 Å². The lowest BCUT2D eigenvalue weighted by atomic mass is 9.99. The van der Waals surface area contributed by atoms with Gasteiger partial charge in [-0.15, -0.1) is 0 Å². The van der Waals surface area contributed by atoms with Crippen molar-refractivity contribution in [2.75, 3.05) is 19.4 Å². The van der Waals surface area contributed by atoms with Crippen LogP contribution in [0.3, 0.4) is 0 Å². The Balaban J connectivity index is 1.70. The molecule has 3 rings (SSSR count). The van der Waals surface area contributed by atoms with Gasteiger partial charge in [-0.2, -0.15) is 11.8 Å². The lowest BCUT2D eigenvalue weighted by Gasteiger charge is -2.27. The largest absolute Gasteiger partial charge is 0.377 e. The monoisotopic (exact) mass is 291 g/mol. The molecule has 3 atom stereocenters. The molecule has 1 fully saturated rings. The number of benzene rings is 1. The first kappa shape index (κ1) is 14.4. The van der Waals surface area contributed by atoms with E-state index in [4.69, 9.17) is 4.74 Å². The molecule has 0 saturated carbocycles. The summed E-state index contributed by atoms with van der Waals surface area (Å²) in [5.74, 6) is 1.16. The van der Waals surface area contributed by atoms with Gasteiger partial charge in [0, 0.05) is 23.7 Å². The van der Waals surface area contributed by atoms with Crippen LogP contribution in [0.1, 0.15) is 42.9 Å². The van der Waals surface area contributed by atoms with Crippen molar-refractivity contribution in [2.45, 2.75) is 49.5 Å². The van der Waals surface area contributed by atoms with E-state index in [9.17, 15) is 0 Å². The molecule has 20 heavy (non-hydrogen) atoms. The minimum atomic E-state index is 0.486. The molecule has 1 heterocycles. The van der Waals surface area contributed by atoms with Gasteiger partial charge in [-0.05, 0) is 50.3 Å². The zero-order valence-electron chi connectivity index (χ0n) is 12.3. The minimum Gasteiger partial charge on any atom is -0.377 e. The summed E-state index contributed by atoms with van der Waals surface area (Å²) in [4.78, 5) is 0. The molecule has 110 valence electrons. The molecule has 0 spiro atoms. The van der Waals surface area contributed by atoms with Crippen LogP contribution in [0, 0.1) is 0 Å². The molecular formula is C17H25NOS. The fraction of sp³-hybridized carbons (Fsp3) is 0.647. The summed E-state index contributed by atoms with van der Waals surface area (Å²) < 4.78 is 5.77. The number of rotatable bonds is 4. The van der Waals surface area contributed by atoms with Gasteiger partial charge < -0.3 is 10.1 Å². The van der Waals surface area contributed by atoms with E-state index in [1.165, 1.54) is 43.2 Å². The molecule has 2 aliphatic rings. The predicted octanol–water partition coefficient (Wildman–Crippen LogP) is 3.56. The molecule has 1 aliphatic carbocycles. The normalized spacial score (nSPS) is 29.9. The second-order valence-corrected chi connectivity index (χ2v) is 7.14. The molecule has 0 radical (unpaired) electrons. The van der Waals surface area contributed by atoms with Gasteiger partial charge in [0.05, 0.1) is 6.10 Å².